The van der Waals surface area contributed by atoms with E-state index >= 15 is 0 Å². The van der Waals surface area contributed by atoms with Gasteiger partial charge in [-0.3, -0.25) is 0 Å². The molecule has 108 valence electrons. The number of nitrogens with one attached hydrogen (secondary N) is 1. The van der Waals surface area contributed by atoms with Crippen LogP contribution in [-0.4, -0.2) is 22.6 Å². The van der Waals surface area contributed by atoms with Gasteiger partial charge >= 0.3 is 0 Å². The van der Waals surface area contributed by atoms with Gasteiger partial charge in [0.05, 0.1) is 12.4 Å². The Morgan fingerprint density at radius 3 is 3.20 bits per heavy atom. The molecule has 3 rings (SSSR count). The Morgan fingerprint density at radius 1 is 1.55 bits per heavy atom. The zero-order valence-electron chi connectivity index (χ0n) is 12.1. The van der Waals surface area contributed by atoms with Crippen LogP contribution >= 0.6 is 11.3 Å². The van der Waals surface area contributed by atoms with Crippen LogP contribution in [0.15, 0.2) is 30.0 Å². The van der Waals surface area contributed by atoms with Crippen LogP contribution in [0.1, 0.15) is 55.1 Å². The van der Waals surface area contributed by atoms with Crippen molar-refractivity contribution in [2.75, 3.05) is 13.1 Å². The highest BCUT2D eigenvalue weighted by atomic mass is 32.1. The monoisotopic (exact) mass is 289 g/mol. The maximum absolute atomic E-state index is 4.45. The molecule has 20 heavy (non-hydrogen) atoms. The van der Waals surface area contributed by atoms with Crippen LogP contribution in [0.5, 0.6) is 0 Å². The number of rotatable bonds is 5. The smallest absolute Gasteiger partial charge is 0.0954 e. The molecule has 2 unspecified atom stereocenters. The molecule has 0 aromatic carbocycles. The van der Waals surface area contributed by atoms with Crippen LogP contribution in [-0.2, 0) is 0 Å². The third-order valence-electron chi connectivity index (χ3n) is 4.18. The molecule has 0 radical (unpaired) electrons. The average molecular weight is 289 g/mol. The van der Waals surface area contributed by atoms with E-state index in [0.717, 1.165) is 13.1 Å². The van der Waals surface area contributed by atoms with Gasteiger partial charge in [-0.1, -0.05) is 19.4 Å². The van der Waals surface area contributed by atoms with Crippen molar-refractivity contribution in [1.82, 2.24) is 14.9 Å². The van der Waals surface area contributed by atoms with Crippen molar-refractivity contribution in [3.05, 3.63) is 40.6 Å². The first-order valence-corrected chi connectivity index (χ1v) is 8.54. The summed E-state index contributed by atoms with van der Waals surface area (Å²) in [4.78, 5) is 5.90. The van der Waals surface area contributed by atoms with Crippen molar-refractivity contribution in [2.45, 2.75) is 44.6 Å². The lowest BCUT2D eigenvalue weighted by Crippen LogP contribution is -2.30. The maximum atomic E-state index is 4.45. The number of hydrogen-bond donors (Lipinski definition) is 1. The number of hydrogen-bond acceptors (Lipinski definition) is 3. The number of thiophene rings is 1. The molecule has 0 aliphatic carbocycles. The van der Waals surface area contributed by atoms with Gasteiger partial charge in [0.2, 0.25) is 0 Å². The first-order chi connectivity index (χ1) is 9.90. The molecule has 1 saturated heterocycles. The zero-order valence-corrected chi connectivity index (χ0v) is 12.9. The average Bonchev–Trinajstić information content (AvgIpc) is 3.17. The minimum atomic E-state index is 0.458. The first kappa shape index (κ1) is 13.8. The lowest BCUT2D eigenvalue weighted by molar-refractivity contribution is 0.425. The van der Waals surface area contributed by atoms with E-state index in [1.165, 1.54) is 36.3 Å². The molecule has 3 nitrogen and oxygen atoms in total. The van der Waals surface area contributed by atoms with Gasteiger partial charge in [-0.05, 0) is 37.3 Å². The topological polar surface area (TPSA) is 29.9 Å². The second-order valence-corrected chi connectivity index (χ2v) is 6.57. The summed E-state index contributed by atoms with van der Waals surface area (Å²) in [5.41, 5.74) is 1.41. The third-order valence-corrected chi connectivity index (χ3v) is 5.15. The number of piperidine rings is 1. The molecule has 0 saturated carbocycles. The Bertz CT molecular complexity index is 512. The Kier molecular flexibility index (Phi) is 4.53. The number of aromatic nitrogens is 2. The van der Waals surface area contributed by atoms with Gasteiger partial charge < -0.3 is 9.88 Å². The van der Waals surface area contributed by atoms with Crippen LogP contribution in [0.4, 0.5) is 0 Å². The van der Waals surface area contributed by atoms with Gasteiger partial charge in [-0.15, -0.1) is 11.3 Å². The van der Waals surface area contributed by atoms with Crippen molar-refractivity contribution in [3.63, 3.8) is 0 Å². The molecule has 2 aromatic rings. The van der Waals surface area contributed by atoms with Crippen molar-refractivity contribution in [1.29, 1.82) is 0 Å². The quantitative estimate of drug-likeness (QED) is 0.907. The lowest BCUT2D eigenvalue weighted by Gasteiger charge is -2.27. The Balaban J connectivity index is 1.89. The van der Waals surface area contributed by atoms with Crippen molar-refractivity contribution in [3.8, 4) is 0 Å². The molecular weight excluding hydrogens is 266 g/mol. The lowest BCUT2D eigenvalue weighted by atomic mass is 9.95. The van der Waals surface area contributed by atoms with Crippen molar-refractivity contribution in [2.24, 2.45) is 0 Å². The molecule has 4 heteroatoms. The van der Waals surface area contributed by atoms with E-state index in [9.17, 15) is 0 Å². The van der Waals surface area contributed by atoms with Crippen molar-refractivity contribution >= 4 is 11.3 Å². The Labute approximate surface area is 125 Å². The fourth-order valence-corrected chi connectivity index (χ4v) is 4.03. The van der Waals surface area contributed by atoms with Gasteiger partial charge in [0.15, 0.2) is 0 Å². The summed E-state index contributed by atoms with van der Waals surface area (Å²) < 4.78 is 2.42. The van der Waals surface area contributed by atoms with E-state index in [1.807, 2.05) is 17.7 Å². The van der Waals surface area contributed by atoms with E-state index in [4.69, 9.17) is 0 Å². The third kappa shape index (κ3) is 2.81. The molecule has 0 amide bonds. The summed E-state index contributed by atoms with van der Waals surface area (Å²) in [6.45, 7) is 4.52. The maximum Gasteiger partial charge on any atom is 0.0954 e. The zero-order chi connectivity index (χ0) is 13.8. The molecule has 2 atom stereocenters. The molecule has 1 fully saturated rings. The molecule has 1 aliphatic heterocycles. The first-order valence-electron chi connectivity index (χ1n) is 7.66. The van der Waals surface area contributed by atoms with E-state index in [1.54, 1.807) is 0 Å². The van der Waals surface area contributed by atoms with Crippen LogP contribution in [0.25, 0.3) is 0 Å². The molecule has 1 aliphatic rings. The fraction of sp³-hybridized carbons (Fsp3) is 0.562. The SMILES string of the molecule is CCCC(c1cccs1)n1cncc1C1CCCNC1. The standard InChI is InChI=1S/C16H23N3S/c1-2-5-14(16-7-4-9-20-16)19-12-18-11-15(19)13-6-3-8-17-10-13/h4,7,9,11-14,17H,2-3,5-6,8,10H2,1H3. The summed E-state index contributed by atoms with van der Waals surface area (Å²) in [7, 11) is 0. The molecular formula is C16H23N3S. The van der Waals surface area contributed by atoms with E-state index in [2.05, 4.69) is 45.5 Å². The Hall–Kier alpha value is -1.13. The summed E-state index contributed by atoms with van der Waals surface area (Å²) in [6.07, 6.45) is 9.04. The van der Waals surface area contributed by atoms with Crippen LogP contribution in [0, 0.1) is 0 Å². The molecule has 1 N–H and O–H groups in total. The highest BCUT2D eigenvalue weighted by Crippen LogP contribution is 2.32. The van der Waals surface area contributed by atoms with E-state index in [-0.39, 0.29) is 0 Å². The van der Waals surface area contributed by atoms with E-state index < -0.39 is 0 Å². The normalized spacial score (nSPS) is 20.9. The van der Waals surface area contributed by atoms with Gasteiger partial charge in [0.25, 0.3) is 0 Å². The molecule has 2 aromatic heterocycles. The van der Waals surface area contributed by atoms with E-state index in [0.29, 0.717) is 12.0 Å². The number of imidazole rings is 1. The highest BCUT2D eigenvalue weighted by molar-refractivity contribution is 7.10. The summed E-state index contributed by atoms with van der Waals surface area (Å²) in [5.74, 6) is 0.616. The van der Waals surface area contributed by atoms with Crippen LogP contribution in [0.2, 0.25) is 0 Å². The molecule has 3 heterocycles. The molecule has 0 bridgehead atoms. The van der Waals surface area contributed by atoms with Gasteiger partial charge in [-0.2, -0.15) is 0 Å². The summed E-state index contributed by atoms with van der Waals surface area (Å²) in [6, 6.07) is 4.87. The second-order valence-electron chi connectivity index (χ2n) is 5.59. The highest BCUT2D eigenvalue weighted by Gasteiger charge is 2.23. The summed E-state index contributed by atoms with van der Waals surface area (Å²) in [5, 5.41) is 5.69. The van der Waals surface area contributed by atoms with Gasteiger partial charge in [0.1, 0.15) is 0 Å². The minimum Gasteiger partial charge on any atom is -0.326 e. The van der Waals surface area contributed by atoms with Crippen LogP contribution in [0.3, 0.4) is 0 Å². The molecule has 0 spiro atoms. The van der Waals surface area contributed by atoms with Crippen LogP contribution < -0.4 is 5.32 Å². The Morgan fingerprint density at radius 2 is 2.50 bits per heavy atom. The summed E-state index contributed by atoms with van der Waals surface area (Å²) >= 11 is 1.86. The minimum absolute atomic E-state index is 0.458. The predicted octanol–water partition coefficient (Wildman–Crippen LogP) is 3.80. The largest absolute Gasteiger partial charge is 0.326 e. The second kappa shape index (κ2) is 6.55. The van der Waals surface area contributed by atoms with Gasteiger partial charge in [-0.25, -0.2) is 4.98 Å². The predicted molar refractivity (Wildman–Crippen MR) is 84.4 cm³/mol. The van der Waals surface area contributed by atoms with Crippen molar-refractivity contribution < 1.29 is 0 Å². The van der Waals surface area contributed by atoms with Gasteiger partial charge in [0, 0.05) is 29.2 Å². The number of nitrogens with zero attached hydrogens (tertiary/aromatic N) is 2. The fourth-order valence-electron chi connectivity index (χ4n) is 3.17.